The van der Waals surface area contributed by atoms with Crippen LogP contribution in [0.25, 0.3) is 4.48 Å². The number of benzene rings is 1. The minimum absolute atomic E-state index is 0.0839. The molecule has 0 unspecified atom stereocenters. The molecule has 1 aliphatic heterocycles. The minimum Gasteiger partial charge on any atom is -0.456 e. The van der Waals surface area contributed by atoms with Gasteiger partial charge < -0.3 is 4.74 Å². The van der Waals surface area contributed by atoms with Crippen LogP contribution in [0, 0.1) is 0 Å². The molecule has 0 atom stereocenters. The normalized spacial score (nSPS) is 18.3. The van der Waals surface area contributed by atoms with Crippen LogP contribution in [0.15, 0.2) is 41.7 Å². The van der Waals surface area contributed by atoms with Crippen molar-refractivity contribution in [2.45, 2.75) is 6.42 Å². The molecule has 1 heterocycles. The predicted molar refractivity (Wildman–Crippen MR) is 65.6 cm³/mol. The number of allylic oxidation sites excluding steroid dienone is 2. The number of ketones is 2. The van der Waals surface area contributed by atoms with E-state index >= 15 is 0 Å². The molecule has 1 aromatic carbocycles. The second-order valence-corrected chi connectivity index (χ2v) is 4.66. The summed E-state index contributed by atoms with van der Waals surface area (Å²) in [4.78, 5) is 23.2. The summed E-state index contributed by atoms with van der Waals surface area (Å²) in [5.74, 6) is 0.580. The van der Waals surface area contributed by atoms with Crippen LogP contribution in [0.3, 0.4) is 0 Å². The molecular weight excluding hydrogens is 284 g/mol. The molecule has 0 spiro atoms. The summed E-state index contributed by atoms with van der Waals surface area (Å²) in [6.07, 6.45) is 1.30. The Morgan fingerprint density at radius 2 is 1.94 bits per heavy atom. The number of carbonyl (C=O) groups is 2. The van der Waals surface area contributed by atoms with E-state index in [-0.39, 0.29) is 18.0 Å². The summed E-state index contributed by atoms with van der Waals surface area (Å²) >= 11 is 3.42. The fourth-order valence-corrected chi connectivity index (χ4v) is 2.70. The third-order valence-corrected chi connectivity index (χ3v) is 3.54. The van der Waals surface area contributed by atoms with Crippen molar-refractivity contribution >= 4 is 32.0 Å². The van der Waals surface area contributed by atoms with Gasteiger partial charge in [0, 0.05) is 16.1 Å². The highest BCUT2D eigenvalue weighted by Gasteiger charge is 2.32. The SMILES string of the molecule is O=C1C=C2Oc3ccccc3C(Br)=C2C(=O)C1. The van der Waals surface area contributed by atoms with Crippen molar-refractivity contribution in [2.75, 3.05) is 0 Å². The van der Waals surface area contributed by atoms with Crippen LogP contribution in [0.4, 0.5) is 0 Å². The maximum Gasteiger partial charge on any atom is 0.175 e. The molecule has 2 aliphatic rings. The van der Waals surface area contributed by atoms with Gasteiger partial charge in [0.25, 0.3) is 0 Å². The number of fused-ring (bicyclic) bond motifs is 2. The zero-order chi connectivity index (χ0) is 12.0. The number of Topliss-reactive ketones (excluding diaryl/α,β-unsaturated/α-hetero) is 1. The Hall–Kier alpha value is -1.68. The lowest BCUT2D eigenvalue weighted by Crippen LogP contribution is -2.22. The van der Waals surface area contributed by atoms with E-state index in [1.54, 1.807) is 6.07 Å². The Bertz CT molecular complexity index is 611. The van der Waals surface area contributed by atoms with Gasteiger partial charge in [-0.3, -0.25) is 9.59 Å². The Morgan fingerprint density at radius 1 is 1.18 bits per heavy atom. The first-order valence-corrected chi connectivity index (χ1v) is 5.91. The summed E-state index contributed by atoms with van der Waals surface area (Å²) in [6.45, 7) is 0. The second kappa shape index (κ2) is 3.67. The van der Waals surface area contributed by atoms with Crippen molar-refractivity contribution in [3.05, 3.63) is 47.2 Å². The molecule has 1 aliphatic carbocycles. The van der Waals surface area contributed by atoms with Gasteiger partial charge in [-0.15, -0.1) is 0 Å². The molecule has 0 amide bonds. The van der Waals surface area contributed by atoms with Crippen molar-refractivity contribution in [3.8, 4) is 5.75 Å². The highest BCUT2D eigenvalue weighted by atomic mass is 79.9. The third kappa shape index (κ3) is 1.56. The molecule has 0 radical (unpaired) electrons. The minimum atomic E-state index is -0.214. The van der Waals surface area contributed by atoms with E-state index in [2.05, 4.69) is 15.9 Å². The van der Waals surface area contributed by atoms with E-state index in [0.29, 0.717) is 21.6 Å². The van der Waals surface area contributed by atoms with Gasteiger partial charge in [-0.1, -0.05) is 18.2 Å². The number of para-hydroxylation sites is 1. The first-order chi connectivity index (χ1) is 8.16. The number of ether oxygens (including phenoxy) is 1. The molecule has 0 bridgehead atoms. The van der Waals surface area contributed by atoms with Crippen molar-refractivity contribution in [2.24, 2.45) is 0 Å². The molecule has 17 heavy (non-hydrogen) atoms. The van der Waals surface area contributed by atoms with Crippen LogP contribution >= 0.6 is 15.9 Å². The zero-order valence-electron chi connectivity index (χ0n) is 8.70. The molecule has 0 N–H and O–H groups in total. The smallest absolute Gasteiger partial charge is 0.175 e. The number of hydrogen-bond donors (Lipinski definition) is 0. The molecule has 1 aromatic rings. The van der Waals surface area contributed by atoms with Gasteiger partial charge in [0.05, 0.1) is 12.0 Å². The first kappa shape index (κ1) is 10.5. The zero-order valence-corrected chi connectivity index (χ0v) is 10.3. The van der Waals surface area contributed by atoms with Gasteiger partial charge in [0.1, 0.15) is 11.5 Å². The van der Waals surface area contributed by atoms with Gasteiger partial charge in [0.2, 0.25) is 0 Å². The third-order valence-electron chi connectivity index (χ3n) is 2.72. The number of halogens is 1. The Labute approximate surface area is 106 Å². The van der Waals surface area contributed by atoms with E-state index in [4.69, 9.17) is 4.74 Å². The summed E-state index contributed by atoms with van der Waals surface area (Å²) < 4.78 is 6.28. The summed E-state index contributed by atoms with van der Waals surface area (Å²) in [5, 5.41) is 0. The van der Waals surface area contributed by atoms with E-state index < -0.39 is 0 Å². The quantitative estimate of drug-likeness (QED) is 0.690. The summed E-state index contributed by atoms with van der Waals surface area (Å²) in [7, 11) is 0. The van der Waals surface area contributed by atoms with Gasteiger partial charge in [-0.2, -0.15) is 0 Å². The second-order valence-electron chi connectivity index (χ2n) is 3.86. The highest BCUT2D eigenvalue weighted by molar-refractivity contribution is 9.15. The molecule has 0 saturated carbocycles. The molecule has 0 saturated heterocycles. The number of carbonyl (C=O) groups excluding carboxylic acids is 2. The molecule has 3 rings (SSSR count). The lowest BCUT2D eigenvalue weighted by Gasteiger charge is -2.24. The molecule has 84 valence electrons. The molecular formula is C13H7BrO3. The maximum absolute atomic E-state index is 11.8. The van der Waals surface area contributed by atoms with Crippen LogP contribution in [-0.4, -0.2) is 11.6 Å². The van der Waals surface area contributed by atoms with Crippen LogP contribution in [-0.2, 0) is 9.59 Å². The fourth-order valence-electron chi connectivity index (χ4n) is 1.95. The largest absolute Gasteiger partial charge is 0.456 e. The van der Waals surface area contributed by atoms with Crippen LogP contribution in [0.2, 0.25) is 0 Å². The van der Waals surface area contributed by atoms with Crippen molar-refractivity contribution in [1.29, 1.82) is 0 Å². The van der Waals surface area contributed by atoms with Crippen LogP contribution in [0.1, 0.15) is 12.0 Å². The summed E-state index contributed by atoms with van der Waals surface area (Å²) in [6, 6.07) is 7.39. The molecule has 3 nitrogen and oxygen atoms in total. The van der Waals surface area contributed by atoms with E-state index in [9.17, 15) is 9.59 Å². The van der Waals surface area contributed by atoms with E-state index in [1.165, 1.54) is 6.08 Å². The molecule has 0 aromatic heterocycles. The Balaban J connectivity index is 2.28. The standard InChI is InChI=1S/C13H7BrO3/c14-13-8-3-1-2-4-10(8)17-11-6-7(15)5-9(16)12(11)13/h1-4,6H,5H2. The topological polar surface area (TPSA) is 43.4 Å². The molecule has 4 heteroatoms. The molecule has 0 fully saturated rings. The van der Waals surface area contributed by atoms with Crippen LogP contribution in [0.5, 0.6) is 5.75 Å². The average molecular weight is 291 g/mol. The van der Waals surface area contributed by atoms with Gasteiger partial charge in [-0.25, -0.2) is 0 Å². The van der Waals surface area contributed by atoms with Gasteiger partial charge in [-0.05, 0) is 22.0 Å². The lowest BCUT2D eigenvalue weighted by molar-refractivity contribution is -0.123. The van der Waals surface area contributed by atoms with Crippen molar-refractivity contribution in [3.63, 3.8) is 0 Å². The maximum atomic E-state index is 11.8. The lowest BCUT2D eigenvalue weighted by atomic mass is 9.93. The Kier molecular flexibility index (Phi) is 2.26. The monoisotopic (exact) mass is 290 g/mol. The van der Waals surface area contributed by atoms with Gasteiger partial charge in [0.15, 0.2) is 11.6 Å². The van der Waals surface area contributed by atoms with Crippen molar-refractivity contribution in [1.82, 2.24) is 0 Å². The average Bonchev–Trinajstić information content (AvgIpc) is 2.28. The van der Waals surface area contributed by atoms with Crippen LogP contribution < -0.4 is 4.74 Å². The fraction of sp³-hybridized carbons (Fsp3) is 0.0769. The van der Waals surface area contributed by atoms with E-state index in [1.807, 2.05) is 18.2 Å². The number of hydrogen-bond acceptors (Lipinski definition) is 3. The summed E-state index contributed by atoms with van der Waals surface area (Å²) in [5.41, 5.74) is 1.30. The first-order valence-electron chi connectivity index (χ1n) is 5.12. The van der Waals surface area contributed by atoms with Gasteiger partial charge >= 0.3 is 0 Å². The van der Waals surface area contributed by atoms with Crippen molar-refractivity contribution < 1.29 is 14.3 Å². The predicted octanol–water partition coefficient (Wildman–Crippen LogP) is 2.61. The van der Waals surface area contributed by atoms with E-state index in [0.717, 1.165) is 5.56 Å². The number of rotatable bonds is 0. The Morgan fingerprint density at radius 3 is 2.76 bits per heavy atom. The highest BCUT2D eigenvalue weighted by Crippen LogP contribution is 2.42.